The van der Waals surface area contributed by atoms with Crippen molar-refractivity contribution in [1.29, 1.82) is 0 Å². The number of phenols is 1. The van der Waals surface area contributed by atoms with E-state index >= 15 is 0 Å². The number of aromatic hydroxyl groups is 1. The van der Waals surface area contributed by atoms with Crippen LogP contribution in [0.1, 0.15) is 42.3 Å². The van der Waals surface area contributed by atoms with E-state index in [0.29, 0.717) is 11.1 Å². The van der Waals surface area contributed by atoms with Crippen LogP contribution in [-0.4, -0.2) is 10.9 Å². The minimum absolute atomic E-state index is 0.0728. The Kier molecular flexibility index (Phi) is 3.43. The molecular formula is C17H18O2. The van der Waals surface area contributed by atoms with Gasteiger partial charge in [0, 0.05) is 11.1 Å². The molecule has 0 aromatic heterocycles. The third-order valence-electron chi connectivity index (χ3n) is 3.12. The zero-order valence-corrected chi connectivity index (χ0v) is 11.5. The smallest absolute Gasteiger partial charge is 0.193 e. The van der Waals surface area contributed by atoms with Crippen molar-refractivity contribution < 1.29 is 9.90 Å². The monoisotopic (exact) mass is 254 g/mol. The molecular weight excluding hydrogens is 236 g/mol. The van der Waals surface area contributed by atoms with Crippen molar-refractivity contribution in [3.8, 4) is 5.75 Å². The van der Waals surface area contributed by atoms with Crippen molar-refractivity contribution in [2.75, 3.05) is 0 Å². The first-order valence-corrected chi connectivity index (χ1v) is 6.32. The van der Waals surface area contributed by atoms with E-state index in [1.807, 2.05) is 24.3 Å². The Morgan fingerprint density at radius 2 is 1.58 bits per heavy atom. The standard InChI is InChI=1S/C17H18O2/c1-17(2,3)14-9-7-12(8-10-14)16(19)13-5-4-6-15(18)11-13/h4-11,18H,1-3H3. The van der Waals surface area contributed by atoms with E-state index < -0.39 is 0 Å². The van der Waals surface area contributed by atoms with Crippen LogP contribution in [0.3, 0.4) is 0 Å². The molecule has 0 saturated heterocycles. The molecule has 98 valence electrons. The lowest BCUT2D eigenvalue weighted by Crippen LogP contribution is -2.11. The van der Waals surface area contributed by atoms with E-state index in [9.17, 15) is 9.90 Å². The van der Waals surface area contributed by atoms with Crippen LogP contribution < -0.4 is 0 Å². The van der Waals surface area contributed by atoms with E-state index in [2.05, 4.69) is 20.8 Å². The summed E-state index contributed by atoms with van der Waals surface area (Å²) in [5.74, 6) is 0.0357. The predicted octanol–water partition coefficient (Wildman–Crippen LogP) is 3.92. The zero-order chi connectivity index (χ0) is 14.0. The van der Waals surface area contributed by atoms with Gasteiger partial charge in [0.1, 0.15) is 5.75 Å². The molecule has 0 saturated carbocycles. The highest BCUT2D eigenvalue weighted by Gasteiger charge is 2.15. The summed E-state index contributed by atoms with van der Waals surface area (Å²) in [6.07, 6.45) is 0. The lowest BCUT2D eigenvalue weighted by Gasteiger charge is -2.19. The maximum absolute atomic E-state index is 12.2. The molecule has 0 unspecified atom stereocenters. The first kappa shape index (κ1) is 13.3. The summed E-state index contributed by atoms with van der Waals surface area (Å²) in [7, 11) is 0. The van der Waals surface area contributed by atoms with Crippen LogP contribution in [0.5, 0.6) is 5.75 Å². The van der Waals surface area contributed by atoms with Gasteiger partial charge in [-0.15, -0.1) is 0 Å². The Balaban J connectivity index is 2.30. The van der Waals surface area contributed by atoms with Crippen LogP contribution in [0.15, 0.2) is 48.5 Å². The second-order valence-corrected chi connectivity index (χ2v) is 5.71. The molecule has 0 atom stereocenters. The second kappa shape index (κ2) is 4.88. The quantitative estimate of drug-likeness (QED) is 0.825. The highest BCUT2D eigenvalue weighted by Crippen LogP contribution is 2.23. The summed E-state index contributed by atoms with van der Waals surface area (Å²) in [5.41, 5.74) is 2.41. The van der Waals surface area contributed by atoms with Crippen LogP contribution in [-0.2, 0) is 5.41 Å². The van der Waals surface area contributed by atoms with Gasteiger partial charge >= 0.3 is 0 Å². The third kappa shape index (κ3) is 3.02. The fourth-order valence-corrected chi connectivity index (χ4v) is 1.94. The zero-order valence-electron chi connectivity index (χ0n) is 11.5. The average Bonchev–Trinajstić information content (AvgIpc) is 2.37. The Morgan fingerprint density at radius 3 is 2.11 bits per heavy atom. The summed E-state index contributed by atoms with van der Waals surface area (Å²) in [5, 5.41) is 9.41. The summed E-state index contributed by atoms with van der Waals surface area (Å²) < 4.78 is 0. The van der Waals surface area contributed by atoms with Crippen molar-refractivity contribution >= 4 is 5.78 Å². The molecule has 2 rings (SSSR count). The molecule has 0 aliphatic carbocycles. The van der Waals surface area contributed by atoms with Gasteiger partial charge in [0.05, 0.1) is 0 Å². The number of ketones is 1. The molecule has 0 fully saturated rings. The van der Waals surface area contributed by atoms with E-state index in [1.54, 1.807) is 18.2 Å². The summed E-state index contributed by atoms with van der Waals surface area (Å²) in [6.45, 7) is 6.41. The molecule has 0 radical (unpaired) electrons. The SMILES string of the molecule is CC(C)(C)c1ccc(C(=O)c2cccc(O)c2)cc1. The highest BCUT2D eigenvalue weighted by atomic mass is 16.3. The molecule has 2 aromatic carbocycles. The average molecular weight is 254 g/mol. The van der Waals surface area contributed by atoms with E-state index in [4.69, 9.17) is 0 Å². The van der Waals surface area contributed by atoms with Crippen molar-refractivity contribution in [2.24, 2.45) is 0 Å². The fourth-order valence-electron chi connectivity index (χ4n) is 1.94. The third-order valence-corrected chi connectivity index (χ3v) is 3.12. The molecule has 2 heteroatoms. The van der Waals surface area contributed by atoms with Crippen LogP contribution in [0.25, 0.3) is 0 Å². The van der Waals surface area contributed by atoms with Crippen molar-refractivity contribution in [3.63, 3.8) is 0 Å². The van der Waals surface area contributed by atoms with Crippen LogP contribution in [0.2, 0.25) is 0 Å². The van der Waals surface area contributed by atoms with E-state index in [1.165, 1.54) is 11.6 Å². The number of carbonyl (C=O) groups excluding carboxylic acids is 1. The van der Waals surface area contributed by atoms with E-state index in [-0.39, 0.29) is 16.9 Å². The normalized spacial score (nSPS) is 11.3. The van der Waals surface area contributed by atoms with Gasteiger partial charge in [0.2, 0.25) is 0 Å². The topological polar surface area (TPSA) is 37.3 Å². The van der Waals surface area contributed by atoms with Gasteiger partial charge < -0.3 is 5.11 Å². The Bertz CT molecular complexity index is 589. The molecule has 2 nitrogen and oxygen atoms in total. The molecule has 0 amide bonds. The van der Waals surface area contributed by atoms with Crippen LogP contribution in [0, 0.1) is 0 Å². The molecule has 19 heavy (non-hydrogen) atoms. The van der Waals surface area contributed by atoms with Gasteiger partial charge in [-0.3, -0.25) is 4.79 Å². The summed E-state index contributed by atoms with van der Waals surface area (Å²) >= 11 is 0. The number of benzene rings is 2. The number of hydrogen-bond acceptors (Lipinski definition) is 2. The van der Waals surface area contributed by atoms with Gasteiger partial charge in [-0.05, 0) is 23.1 Å². The number of carbonyl (C=O) groups is 1. The van der Waals surface area contributed by atoms with Crippen LogP contribution in [0.4, 0.5) is 0 Å². The van der Waals surface area contributed by atoms with Crippen LogP contribution >= 0.6 is 0 Å². The first-order chi connectivity index (χ1) is 8.88. The lowest BCUT2D eigenvalue weighted by molar-refractivity contribution is 0.103. The number of phenolic OH excluding ortho intramolecular Hbond substituents is 1. The molecule has 0 aliphatic heterocycles. The largest absolute Gasteiger partial charge is 0.508 e. The summed E-state index contributed by atoms with van der Waals surface area (Å²) in [6, 6.07) is 14.1. The number of hydrogen-bond donors (Lipinski definition) is 1. The minimum atomic E-state index is -0.0728. The predicted molar refractivity (Wildman–Crippen MR) is 76.7 cm³/mol. The van der Waals surface area contributed by atoms with Crippen molar-refractivity contribution in [2.45, 2.75) is 26.2 Å². The molecule has 1 N–H and O–H groups in total. The Labute approximate surface area is 113 Å². The molecule has 0 heterocycles. The summed E-state index contributed by atoms with van der Waals surface area (Å²) in [4.78, 5) is 12.2. The highest BCUT2D eigenvalue weighted by molar-refractivity contribution is 6.09. The minimum Gasteiger partial charge on any atom is -0.508 e. The van der Waals surface area contributed by atoms with Gasteiger partial charge in [0.15, 0.2) is 5.78 Å². The van der Waals surface area contributed by atoms with Gasteiger partial charge in [-0.1, -0.05) is 57.2 Å². The molecule has 2 aromatic rings. The van der Waals surface area contributed by atoms with E-state index in [0.717, 1.165) is 0 Å². The maximum atomic E-state index is 12.2. The van der Waals surface area contributed by atoms with Crippen molar-refractivity contribution in [1.82, 2.24) is 0 Å². The Morgan fingerprint density at radius 1 is 0.947 bits per heavy atom. The van der Waals surface area contributed by atoms with Gasteiger partial charge in [-0.2, -0.15) is 0 Å². The fraction of sp³-hybridized carbons (Fsp3) is 0.235. The molecule has 0 bridgehead atoms. The van der Waals surface area contributed by atoms with Gasteiger partial charge in [0.25, 0.3) is 0 Å². The Hall–Kier alpha value is -2.09. The number of rotatable bonds is 2. The second-order valence-electron chi connectivity index (χ2n) is 5.71. The van der Waals surface area contributed by atoms with Crippen molar-refractivity contribution in [3.05, 3.63) is 65.2 Å². The first-order valence-electron chi connectivity index (χ1n) is 6.32. The molecule has 0 spiro atoms. The molecule has 0 aliphatic rings. The van der Waals surface area contributed by atoms with Gasteiger partial charge in [-0.25, -0.2) is 0 Å². The maximum Gasteiger partial charge on any atom is 0.193 e. The lowest BCUT2D eigenvalue weighted by atomic mass is 9.86.